The number of aromatic nitrogens is 2. The molecule has 8 nitrogen and oxygen atoms in total. The van der Waals surface area contributed by atoms with Gasteiger partial charge in [0.2, 0.25) is 0 Å². The second kappa shape index (κ2) is 6.46. The van der Waals surface area contributed by atoms with Crippen LogP contribution in [-0.2, 0) is 4.74 Å². The molecule has 3 atom stereocenters. The maximum atomic E-state index is 11.9. The number of aryl methyl sites for hydroxylation is 1. The summed E-state index contributed by atoms with van der Waals surface area (Å²) in [4.78, 5) is 36.4. The fraction of sp³-hybridized carbons (Fsp3) is 0.583. The Bertz CT molecular complexity index is 641. The Morgan fingerprint density at radius 2 is 2.33 bits per heavy atom. The van der Waals surface area contributed by atoms with E-state index in [9.17, 15) is 19.5 Å². The van der Waals surface area contributed by atoms with Crippen LogP contribution in [0.5, 0.6) is 0 Å². The maximum Gasteiger partial charge on any atom is 0.330 e. The molecule has 116 valence electrons. The van der Waals surface area contributed by atoms with Crippen molar-refractivity contribution in [2.45, 2.75) is 25.7 Å². The van der Waals surface area contributed by atoms with Crippen LogP contribution in [0.3, 0.4) is 0 Å². The number of nitrogens with zero attached hydrogens (tertiary/aromatic N) is 1. The fourth-order valence-electron chi connectivity index (χ4n) is 2.41. The van der Waals surface area contributed by atoms with Crippen LogP contribution in [0.1, 0.15) is 18.2 Å². The molecule has 0 saturated carbocycles. The normalized spacial score (nSPS) is 25.0. The Morgan fingerprint density at radius 1 is 1.62 bits per heavy atom. The van der Waals surface area contributed by atoms with Crippen LogP contribution in [0, 0.1) is 12.8 Å². The molecule has 1 fully saturated rings. The lowest BCUT2D eigenvalue weighted by Crippen LogP contribution is -2.37. The lowest BCUT2D eigenvalue weighted by atomic mass is 10.0. The number of hydrogen-bond acceptors (Lipinski definition) is 5. The SMILES string of the molecule is Cc1cn([C@@H]2O[C@H](CO)C[C@H]2CNC(=O)S)c(=O)[nH]c1=O. The number of ether oxygens (including phenoxy) is 1. The van der Waals surface area contributed by atoms with Crippen LogP contribution in [0.25, 0.3) is 0 Å². The van der Waals surface area contributed by atoms with Gasteiger partial charge in [-0.25, -0.2) is 4.79 Å². The van der Waals surface area contributed by atoms with Gasteiger partial charge in [0.1, 0.15) is 6.23 Å². The third kappa shape index (κ3) is 3.55. The Morgan fingerprint density at radius 3 is 2.95 bits per heavy atom. The van der Waals surface area contributed by atoms with Crippen molar-refractivity contribution in [3.63, 3.8) is 0 Å². The lowest BCUT2D eigenvalue weighted by molar-refractivity contribution is -0.0350. The summed E-state index contributed by atoms with van der Waals surface area (Å²) in [7, 11) is 0. The molecule has 3 N–H and O–H groups in total. The van der Waals surface area contributed by atoms with Crippen LogP contribution in [0.2, 0.25) is 0 Å². The first-order valence-corrected chi connectivity index (χ1v) is 6.92. The van der Waals surface area contributed by atoms with E-state index in [-0.39, 0.29) is 19.1 Å². The minimum absolute atomic E-state index is 0.182. The highest BCUT2D eigenvalue weighted by atomic mass is 32.1. The van der Waals surface area contributed by atoms with Gasteiger partial charge in [0.25, 0.3) is 10.8 Å². The number of nitrogens with one attached hydrogen (secondary N) is 2. The average Bonchev–Trinajstić information content (AvgIpc) is 2.83. The summed E-state index contributed by atoms with van der Waals surface area (Å²) >= 11 is 3.63. The Balaban J connectivity index is 2.30. The summed E-state index contributed by atoms with van der Waals surface area (Å²) < 4.78 is 6.91. The second-order valence-electron chi connectivity index (χ2n) is 4.99. The number of aromatic amines is 1. The summed E-state index contributed by atoms with van der Waals surface area (Å²) in [6.45, 7) is 1.66. The van der Waals surface area contributed by atoms with Gasteiger partial charge in [-0.1, -0.05) is 12.6 Å². The zero-order valence-corrected chi connectivity index (χ0v) is 12.3. The van der Waals surface area contributed by atoms with Gasteiger partial charge in [0.05, 0.1) is 12.7 Å². The van der Waals surface area contributed by atoms with Crippen LogP contribution < -0.4 is 16.6 Å². The summed E-state index contributed by atoms with van der Waals surface area (Å²) in [5, 5.41) is 11.3. The summed E-state index contributed by atoms with van der Waals surface area (Å²) in [6.07, 6.45) is 0.822. The van der Waals surface area contributed by atoms with Crippen molar-refractivity contribution in [3.05, 3.63) is 32.6 Å². The van der Waals surface area contributed by atoms with Gasteiger partial charge in [-0.05, 0) is 13.3 Å². The summed E-state index contributed by atoms with van der Waals surface area (Å²) in [5.74, 6) is -0.207. The monoisotopic (exact) mass is 315 g/mol. The molecule has 1 aromatic heterocycles. The van der Waals surface area contributed by atoms with E-state index >= 15 is 0 Å². The molecular weight excluding hydrogens is 298 g/mol. The molecule has 0 aliphatic carbocycles. The number of carbonyl (C=O) groups is 1. The predicted octanol–water partition coefficient (Wildman–Crippen LogP) is -0.620. The molecule has 1 aliphatic heterocycles. The maximum absolute atomic E-state index is 11.9. The van der Waals surface area contributed by atoms with Crippen molar-refractivity contribution in [2.24, 2.45) is 5.92 Å². The minimum atomic E-state index is -0.662. The van der Waals surface area contributed by atoms with Gasteiger partial charge in [-0.15, -0.1) is 0 Å². The first-order valence-electron chi connectivity index (χ1n) is 6.47. The number of thiol groups is 1. The highest BCUT2D eigenvalue weighted by Gasteiger charge is 2.36. The predicted molar refractivity (Wildman–Crippen MR) is 77.5 cm³/mol. The second-order valence-corrected chi connectivity index (χ2v) is 5.40. The van der Waals surface area contributed by atoms with Gasteiger partial charge in [-0.3, -0.25) is 19.1 Å². The third-order valence-corrected chi connectivity index (χ3v) is 3.60. The van der Waals surface area contributed by atoms with E-state index in [0.29, 0.717) is 12.0 Å². The topological polar surface area (TPSA) is 113 Å². The first-order chi connectivity index (χ1) is 9.92. The van der Waals surface area contributed by atoms with Gasteiger partial charge in [0.15, 0.2) is 0 Å². The molecule has 2 heterocycles. The first kappa shape index (κ1) is 15.8. The number of aliphatic hydroxyl groups excluding tert-OH is 1. The van der Waals surface area contributed by atoms with Crippen molar-refractivity contribution in [1.82, 2.24) is 14.9 Å². The average molecular weight is 315 g/mol. The third-order valence-electron chi connectivity index (χ3n) is 3.44. The molecule has 1 saturated heterocycles. The smallest absolute Gasteiger partial charge is 0.330 e. The van der Waals surface area contributed by atoms with Crippen molar-refractivity contribution in [3.8, 4) is 0 Å². The minimum Gasteiger partial charge on any atom is -0.394 e. The van der Waals surface area contributed by atoms with Gasteiger partial charge >= 0.3 is 5.69 Å². The van der Waals surface area contributed by atoms with Crippen molar-refractivity contribution in [1.29, 1.82) is 0 Å². The number of carbonyl (C=O) groups excluding carboxylic acids is 1. The zero-order valence-electron chi connectivity index (χ0n) is 11.4. The Labute approximate surface area is 125 Å². The molecule has 1 amide bonds. The van der Waals surface area contributed by atoms with E-state index in [0.717, 1.165) is 0 Å². The highest BCUT2D eigenvalue weighted by Crippen LogP contribution is 2.32. The van der Waals surface area contributed by atoms with Crippen molar-refractivity contribution < 1.29 is 14.6 Å². The molecule has 9 heteroatoms. The van der Waals surface area contributed by atoms with E-state index in [1.807, 2.05) is 0 Å². The Hall–Kier alpha value is -1.58. The number of rotatable bonds is 4. The van der Waals surface area contributed by atoms with E-state index in [4.69, 9.17) is 4.74 Å². The van der Waals surface area contributed by atoms with Gasteiger partial charge in [0, 0.05) is 24.2 Å². The summed E-state index contributed by atoms with van der Waals surface area (Å²) in [5.41, 5.74) is -0.660. The number of amides is 1. The van der Waals surface area contributed by atoms with Crippen LogP contribution in [0.4, 0.5) is 4.79 Å². The molecule has 21 heavy (non-hydrogen) atoms. The van der Waals surface area contributed by atoms with E-state index in [2.05, 4.69) is 22.9 Å². The quantitative estimate of drug-likeness (QED) is 0.553. The van der Waals surface area contributed by atoms with E-state index in [1.54, 1.807) is 6.92 Å². The summed E-state index contributed by atoms with van der Waals surface area (Å²) in [6, 6.07) is 0. The van der Waals surface area contributed by atoms with Crippen molar-refractivity contribution >= 4 is 17.9 Å². The van der Waals surface area contributed by atoms with Crippen molar-refractivity contribution in [2.75, 3.05) is 13.2 Å². The fourth-order valence-corrected chi connectivity index (χ4v) is 2.50. The highest BCUT2D eigenvalue weighted by molar-refractivity contribution is 7.96. The lowest BCUT2D eigenvalue weighted by Gasteiger charge is -2.21. The molecule has 0 spiro atoms. The molecule has 1 aromatic rings. The largest absolute Gasteiger partial charge is 0.394 e. The standard InChI is InChI=1S/C12H17N3O5S/c1-6-4-15(11(18)14-9(6)17)10-7(3-13-12(19)21)2-8(5-16)20-10/h4,7-8,10,16H,2-3,5H2,1H3,(H2,13,19,21)(H,14,17,18)/t7-,8-,10+/m0/s1. The van der Waals surface area contributed by atoms with Crippen LogP contribution >= 0.6 is 12.6 Å². The zero-order chi connectivity index (χ0) is 15.6. The molecule has 0 radical (unpaired) electrons. The van der Waals surface area contributed by atoms with Crippen LogP contribution in [0.15, 0.2) is 15.8 Å². The van der Waals surface area contributed by atoms with E-state index in [1.165, 1.54) is 10.8 Å². The van der Waals surface area contributed by atoms with Gasteiger partial charge < -0.3 is 15.2 Å². The van der Waals surface area contributed by atoms with E-state index < -0.39 is 28.8 Å². The number of hydrogen-bond donors (Lipinski definition) is 4. The molecule has 2 rings (SSSR count). The number of aliphatic hydroxyl groups is 1. The molecule has 0 bridgehead atoms. The molecule has 0 aromatic carbocycles. The molecule has 1 aliphatic rings. The van der Waals surface area contributed by atoms with Crippen LogP contribution in [-0.4, -0.2) is 39.2 Å². The van der Waals surface area contributed by atoms with Gasteiger partial charge in [-0.2, -0.15) is 0 Å². The molecular formula is C12H17N3O5S. The number of H-pyrrole nitrogens is 1. The Kier molecular flexibility index (Phi) is 4.86. The molecule has 0 unspecified atom stereocenters.